The van der Waals surface area contributed by atoms with Gasteiger partial charge in [0.05, 0.1) is 0 Å². The van der Waals surface area contributed by atoms with Crippen LogP contribution in [0.1, 0.15) is 32.6 Å². The fourth-order valence-corrected chi connectivity index (χ4v) is 2.79. The zero-order chi connectivity index (χ0) is 9.97. The van der Waals surface area contributed by atoms with Crippen molar-refractivity contribution >= 4 is 0 Å². The Labute approximate surface area is 86.6 Å². The van der Waals surface area contributed by atoms with E-state index in [1.807, 2.05) is 0 Å². The number of hydrogen-bond acceptors (Lipinski definition) is 3. The molecule has 0 aromatic heterocycles. The van der Waals surface area contributed by atoms with Crippen LogP contribution in [-0.2, 0) is 4.74 Å². The van der Waals surface area contributed by atoms with E-state index in [-0.39, 0.29) is 0 Å². The van der Waals surface area contributed by atoms with E-state index in [1.54, 1.807) is 0 Å². The van der Waals surface area contributed by atoms with Gasteiger partial charge in [0.1, 0.15) is 0 Å². The summed E-state index contributed by atoms with van der Waals surface area (Å²) in [4.78, 5) is 2.64. The van der Waals surface area contributed by atoms with Crippen molar-refractivity contribution in [3.63, 3.8) is 0 Å². The number of hydrogen-bond donors (Lipinski definition) is 1. The predicted octanol–water partition coefficient (Wildman–Crippen LogP) is 0.977. The summed E-state index contributed by atoms with van der Waals surface area (Å²) in [5, 5.41) is 0. The molecule has 0 bridgehead atoms. The summed E-state index contributed by atoms with van der Waals surface area (Å²) in [7, 11) is 0. The maximum Gasteiger partial charge on any atom is 0.0480 e. The van der Waals surface area contributed by atoms with Gasteiger partial charge in [0, 0.05) is 37.9 Å². The third-order valence-electron chi connectivity index (χ3n) is 3.63. The minimum Gasteiger partial charge on any atom is -0.381 e. The van der Waals surface area contributed by atoms with Crippen LogP contribution >= 0.6 is 0 Å². The molecule has 2 heterocycles. The van der Waals surface area contributed by atoms with Gasteiger partial charge in [0.25, 0.3) is 0 Å². The topological polar surface area (TPSA) is 38.5 Å². The van der Waals surface area contributed by atoms with Crippen molar-refractivity contribution in [2.24, 2.45) is 5.73 Å². The molecular formula is C11H22N2O. The summed E-state index contributed by atoms with van der Waals surface area (Å²) in [5.41, 5.74) is 5.97. The second kappa shape index (κ2) is 4.60. The third-order valence-corrected chi connectivity index (χ3v) is 3.63. The van der Waals surface area contributed by atoms with E-state index in [4.69, 9.17) is 10.5 Å². The first-order valence-corrected chi connectivity index (χ1v) is 5.86. The second-order valence-corrected chi connectivity index (χ2v) is 4.71. The second-order valence-electron chi connectivity index (χ2n) is 4.71. The van der Waals surface area contributed by atoms with Gasteiger partial charge in [-0.2, -0.15) is 0 Å². The number of rotatable bonds is 1. The SMILES string of the molecule is C[C@@H]1CC(N)CCN1C1CCOCC1. The molecule has 14 heavy (non-hydrogen) atoms. The smallest absolute Gasteiger partial charge is 0.0480 e. The molecule has 0 spiro atoms. The molecule has 2 saturated heterocycles. The normalized spacial score (nSPS) is 37.3. The highest BCUT2D eigenvalue weighted by Crippen LogP contribution is 2.23. The number of nitrogens with zero attached hydrogens (tertiary/aromatic N) is 1. The Balaban J connectivity index is 1.89. The van der Waals surface area contributed by atoms with E-state index >= 15 is 0 Å². The Morgan fingerprint density at radius 3 is 2.57 bits per heavy atom. The molecule has 2 aliphatic rings. The van der Waals surface area contributed by atoms with E-state index < -0.39 is 0 Å². The summed E-state index contributed by atoms with van der Waals surface area (Å²) < 4.78 is 5.40. The molecule has 82 valence electrons. The van der Waals surface area contributed by atoms with Crippen LogP contribution in [0.3, 0.4) is 0 Å². The average molecular weight is 198 g/mol. The quantitative estimate of drug-likeness (QED) is 0.682. The van der Waals surface area contributed by atoms with Crippen molar-refractivity contribution in [3.05, 3.63) is 0 Å². The lowest BCUT2D eigenvalue weighted by Gasteiger charge is -2.43. The molecule has 0 aromatic carbocycles. The fourth-order valence-electron chi connectivity index (χ4n) is 2.79. The Bertz CT molecular complexity index is 180. The number of piperidine rings is 1. The van der Waals surface area contributed by atoms with Gasteiger partial charge in [-0.05, 0) is 32.6 Å². The van der Waals surface area contributed by atoms with Gasteiger partial charge in [-0.1, -0.05) is 0 Å². The number of likely N-dealkylation sites (tertiary alicyclic amines) is 1. The monoisotopic (exact) mass is 198 g/mol. The molecule has 2 fully saturated rings. The largest absolute Gasteiger partial charge is 0.381 e. The molecule has 3 heteroatoms. The standard InChI is InChI=1S/C11H22N2O/c1-9-8-10(12)2-5-13(9)11-3-6-14-7-4-11/h9-11H,2-8,12H2,1H3/t9-,10?/m1/s1. The summed E-state index contributed by atoms with van der Waals surface area (Å²) >= 11 is 0. The van der Waals surface area contributed by atoms with Gasteiger partial charge in [-0.25, -0.2) is 0 Å². The van der Waals surface area contributed by atoms with E-state index in [1.165, 1.54) is 25.8 Å². The maximum absolute atomic E-state index is 5.97. The molecule has 2 rings (SSSR count). The van der Waals surface area contributed by atoms with Gasteiger partial charge in [-0.3, -0.25) is 4.90 Å². The average Bonchev–Trinajstić information content (AvgIpc) is 2.19. The molecule has 0 aliphatic carbocycles. The molecule has 0 saturated carbocycles. The van der Waals surface area contributed by atoms with Gasteiger partial charge < -0.3 is 10.5 Å². The Morgan fingerprint density at radius 2 is 1.93 bits per heavy atom. The van der Waals surface area contributed by atoms with Crippen LogP contribution in [0.5, 0.6) is 0 Å². The van der Waals surface area contributed by atoms with Crippen LogP contribution in [-0.4, -0.2) is 42.8 Å². The predicted molar refractivity (Wildman–Crippen MR) is 57.2 cm³/mol. The third kappa shape index (κ3) is 2.27. The zero-order valence-electron chi connectivity index (χ0n) is 9.11. The molecule has 0 aromatic rings. The van der Waals surface area contributed by atoms with Crippen molar-refractivity contribution in [3.8, 4) is 0 Å². The van der Waals surface area contributed by atoms with Gasteiger partial charge in [0.15, 0.2) is 0 Å². The lowest BCUT2D eigenvalue weighted by molar-refractivity contribution is 0.00610. The minimum absolute atomic E-state index is 0.432. The molecule has 0 radical (unpaired) electrons. The van der Waals surface area contributed by atoms with Crippen LogP contribution in [0.15, 0.2) is 0 Å². The van der Waals surface area contributed by atoms with Gasteiger partial charge in [-0.15, -0.1) is 0 Å². The molecule has 2 aliphatic heterocycles. The van der Waals surface area contributed by atoms with Crippen LogP contribution in [0.4, 0.5) is 0 Å². The maximum atomic E-state index is 5.97. The summed E-state index contributed by atoms with van der Waals surface area (Å²) in [5.74, 6) is 0. The molecule has 3 nitrogen and oxygen atoms in total. The Morgan fingerprint density at radius 1 is 1.21 bits per heavy atom. The van der Waals surface area contributed by atoms with Crippen molar-refractivity contribution in [1.82, 2.24) is 4.90 Å². The molecule has 1 unspecified atom stereocenters. The molecule has 0 amide bonds. The van der Waals surface area contributed by atoms with Crippen LogP contribution < -0.4 is 5.73 Å². The fraction of sp³-hybridized carbons (Fsp3) is 1.00. The van der Waals surface area contributed by atoms with Gasteiger partial charge in [0.2, 0.25) is 0 Å². The van der Waals surface area contributed by atoms with E-state index in [9.17, 15) is 0 Å². The van der Waals surface area contributed by atoms with Crippen molar-refractivity contribution in [2.45, 2.75) is 50.7 Å². The van der Waals surface area contributed by atoms with Crippen molar-refractivity contribution in [1.29, 1.82) is 0 Å². The van der Waals surface area contributed by atoms with Crippen LogP contribution in [0.25, 0.3) is 0 Å². The summed E-state index contributed by atoms with van der Waals surface area (Å²) in [6.07, 6.45) is 4.75. The van der Waals surface area contributed by atoms with Gasteiger partial charge >= 0.3 is 0 Å². The lowest BCUT2D eigenvalue weighted by Crippen LogP contribution is -2.51. The Kier molecular flexibility index (Phi) is 3.42. The first-order valence-electron chi connectivity index (χ1n) is 5.86. The highest BCUT2D eigenvalue weighted by molar-refractivity contribution is 4.86. The minimum atomic E-state index is 0.432. The van der Waals surface area contributed by atoms with E-state index in [0.717, 1.165) is 25.7 Å². The first kappa shape index (κ1) is 10.4. The number of ether oxygens (including phenoxy) is 1. The Hall–Kier alpha value is -0.120. The lowest BCUT2D eigenvalue weighted by atomic mass is 9.95. The summed E-state index contributed by atoms with van der Waals surface area (Å²) in [6.45, 7) is 5.39. The van der Waals surface area contributed by atoms with Crippen molar-refractivity contribution < 1.29 is 4.74 Å². The zero-order valence-corrected chi connectivity index (χ0v) is 9.11. The van der Waals surface area contributed by atoms with Crippen LogP contribution in [0.2, 0.25) is 0 Å². The molecule has 2 atom stereocenters. The number of nitrogens with two attached hydrogens (primary N) is 1. The van der Waals surface area contributed by atoms with E-state index in [0.29, 0.717) is 12.1 Å². The van der Waals surface area contributed by atoms with E-state index in [2.05, 4.69) is 11.8 Å². The molecule has 2 N–H and O–H groups in total. The highest BCUT2D eigenvalue weighted by Gasteiger charge is 2.29. The van der Waals surface area contributed by atoms with Crippen molar-refractivity contribution in [2.75, 3.05) is 19.8 Å². The highest BCUT2D eigenvalue weighted by atomic mass is 16.5. The molecular weight excluding hydrogens is 176 g/mol. The first-order chi connectivity index (χ1) is 6.77. The summed E-state index contributed by atoms with van der Waals surface area (Å²) in [6, 6.07) is 1.86. The van der Waals surface area contributed by atoms with Crippen LogP contribution in [0, 0.1) is 0 Å².